The lowest BCUT2D eigenvalue weighted by molar-refractivity contribution is -0.137. The first-order valence-electron chi connectivity index (χ1n) is 19.1. The largest absolute Gasteiger partial charge is 0.418 e. The Hall–Kier alpha value is -4.53. The smallest absolute Gasteiger partial charge is 0.381 e. The van der Waals surface area contributed by atoms with Crippen LogP contribution in [0.25, 0.3) is 11.1 Å². The van der Waals surface area contributed by atoms with Gasteiger partial charge in [0.15, 0.2) is 0 Å². The van der Waals surface area contributed by atoms with Gasteiger partial charge in [0.1, 0.15) is 0 Å². The predicted octanol–water partition coefficient (Wildman–Crippen LogP) is 9.43. The summed E-state index contributed by atoms with van der Waals surface area (Å²) in [6.07, 6.45) is -4.34. The number of sulfonamides is 1. The lowest BCUT2D eigenvalue weighted by atomic mass is 9.99. The molecule has 58 heavy (non-hydrogen) atoms. The van der Waals surface area contributed by atoms with Crippen LogP contribution in [-0.2, 0) is 22.7 Å². The molecule has 3 N–H and O–H groups in total. The van der Waals surface area contributed by atoms with Gasteiger partial charge in [0.25, 0.3) is 15.9 Å². The van der Waals surface area contributed by atoms with E-state index in [1.807, 2.05) is 85.3 Å². The van der Waals surface area contributed by atoms with Gasteiger partial charge in [0.2, 0.25) is 0 Å². The van der Waals surface area contributed by atoms with Crippen LogP contribution in [0.1, 0.15) is 41.8 Å². The predicted molar refractivity (Wildman–Crippen MR) is 229 cm³/mol. The Balaban J connectivity index is 1.07. The highest BCUT2D eigenvalue weighted by molar-refractivity contribution is 7.99. The molecule has 0 saturated carbocycles. The average molecular weight is 850 g/mol. The van der Waals surface area contributed by atoms with Crippen molar-refractivity contribution in [2.75, 3.05) is 48.7 Å². The molecule has 1 atom stereocenters. The Morgan fingerprint density at radius 1 is 0.845 bits per heavy atom. The molecule has 6 rings (SSSR count). The SMILES string of the molecule is CC(C)NCC[C@H](CSc1ccccc1)Nc1ccc(S(=O)(=O)NC(=O)c2ccc(N3CCN(Cc4ccccc4-c4ccc(Cl)cc4)CC3)cc2)cc1C(F)(F)F. The molecule has 8 nitrogen and oxygen atoms in total. The van der Waals surface area contributed by atoms with Crippen molar-refractivity contribution in [3.8, 4) is 11.1 Å². The Morgan fingerprint density at radius 3 is 2.19 bits per heavy atom. The number of rotatable bonds is 16. The molecule has 306 valence electrons. The maximum Gasteiger partial charge on any atom is 0.418 e. The summed E-state index contributed by atoms with van der Waals surface area (Å²) in [7, 11) is -4.65. The van der Waals surface area contributed by atoms with Crippen molar-refractivity contribution in [2.24, 2.45) is 0 Å². The number of carbonyl (C=O) groups excluding carboxylic acids is 1. The van der Waals surface area contributed by atoms with Crippen molar-refractivity contribution in [1.29, 1.82) is 0 Å². The van der Waals surface area contributed by atoms with Crippen LogP contribution in [-0.4, -0.2) is 69.8 Å². The van der Waals surface area contributed by atoms with E-state index in [2.05, 4.69) is 32.6 Å². The number of hydrogen-bond acceptors (Lipinski definition) is 8. The number of halogens is 4. The number of benzene rings is 5. The summed E-state index contributed by atoms with van der Waals surface area (Å²) in [5, 5.41) is 7.02. The molecule has 1 heterocycles. The molecule has 1 amide bonds. The molecule has 1 aliphatic heterocycles. The quantitative estimate of drug-likeness (QED) is 0.0847. The minimum Gasteiger partial charge on any atom is -0.381 e. The van der Waals surface area contributed by atoms with Crippen LogP contribution in [0.2, 0.25) is 5.02 Å². The number of nitrogens with one attached hydrogen (secondary N) is 3. The van der Waals surface area contributed by atoms with Gasteiger partial charge in [-0.05, 0) is 96.4 Å². The van der Waals surface area contributed by atoms with Crippen LogP contribution < -0.4 is 20.3 Å². The zero-order valence-corrected chi connectivity index (χ0v) is 34.7. The summed E-state index contributed by atoms with van der Waals surface area (Å²) in [5.41, 5.74) is 3.06. The molecule has 0 spiro atoms. The Bertz CT molecular complexity index is 2240. The Kier molecular flexibility index (Phi) is 14.5. The summed E-state index contributed by atoms with van der Waals surface area (Å²) in [6, 6.07) is 34.9. The van der Waals surface area contributed by atoms with Crippen LogP contribution >= 0.6 is 23.4 Å². The topological polar surface area (TPSA) is 93.8 Å². The van der Waals surface area contributed by atoms with Crippen LogP contribution in [0, 0.1) is 0 Å². The molecule has 0 aliphatic carbocycles. The van der Waals surface area contributed by atoms with Gasteiger partial charge < -0.3 is 15.5 Å². The highest BCUT2D eigenvalue weighted by Gasteiger charge is 2.36. The molecule has 0 radical (unpaired) electrons. The fourth-order valence-corrected chi connectivity index (χ4v) is 8.88. The highest BCUT2D eigenvalue weighted by atomic mass is 35.5. The van der Waals surface area contributed by atoms with Crippen LogP contribution in [0.15, 0.2) is 131 Å². The zero-order valence-electron chi connectivity index (χ0n) is 32.3. The van der Waals surface area contributed by atoms with Gasteiger partial charge in [-0.1, -0.05) is 80.0 Å². The van der Waals surface area contributed by atoms with Crippen molar-refractivity contribution in [2.45, 2.75) is 54.9 Å². The molecule has 5 aromatic rings. The summed E-state index contributed by atoms with van der Waals surface area (Å²) in [5.74, 6) is -0.463. The average Bonchev–Trinajstić information content (AvgIpc) is 3.20. The van der Waals surface area contributed by atoms with E-state index in [0.29, 0.717) is 29.8 Å². The van der Waals surface area contributed by atoms with E-state index in [-0.39, 0.29) is 23.3 Å². The molecular weight excluding hydrogens is 803 g/mol. The van der Waals surface area contributed by atoms with Gasteiger partial charge in [-0.25, -0.2) is 13.1 Å². The fourth-order valence-electron chi connectivity index (χ4n) is 6.77. The number of anilines is 2. The lowest BCUT2D eigenvalue weighted by Gasteiger charge is -2.36. The molecule has 5 aromatic carbocycles. The van der Waals surface area contributed by atoms with Gasteiger partial charge in [-0.2, -0.15) is 13.2 Å². The first kappa shape index (κ1) is 43.1. The standard InChI is InChI=1S/C44H47ClF3N5O3S2/c1-31(2)49-23-22-36(30-57-38-9-4-3-5-10-38)50-42-21-20-39(28-41(42)44(46,47)48)58(55,56)51-43(54)33-14-18-37(19-15-33)53-26-24-52(25-27-53)29-34-8-6-7-11-40(34)32-12-16-35(45)17-13-32/h3-21,28,31,36,49-50H,22-27,29-30H2,1-2H3,(H,51,54)/t36-/m1/s1. The number of alkyl halides is 3. The summed E-state index contributed by atoms with van der Waals surface area (Å²) in [6.45, 7) is 8.46. The van der Waals surface area contributed by atoms with E-state index in [1.54, 1.807) is 12.1 Å². The molecular formula is C44H47ClF3N5O3S2. The molecule has 1 aliphatic rings. The zero-order chi connectivity index (χ0) is 41.3. The molecule has 0 aromatic heterocycles. The van der Waals surface area contributed by atoms with Crippen LogP contribution in [0.5, 0.6) is 0 Å². The summed E-state index contributed by atoms with van der Waals surface area (Å²) in [4.78, 5) is 18.1. The number of hydrogen-bond donors (Lipinski definition) is 3. The molecule has 0 bridgehead atoms. The molecule has 1 fully saturated rings. The van der Waals surface area contributed by atoms with E-state index < -0.39 is 32.6 Å². The highest BCUT2D eigenvalue weighted by Crippen LogP contribution is 2.37. The normalized spacial score (nSPS) is 14.4. The van der Waals surface area contributed by atoms with Crippen molar-refractivity contribution in [3.05, 3.63) is 143 Å². The number of thioether (sulfide) groups is 1. The van der Waals surface area contributed by atoms with Crippen LogP contribution in [0.4, 0.5) is 24.5 Å². The van der Waals surface area contributed by atoms with Crippen molar-refractivity contribution >= 4 is 50.7 Å². The molecule has 14 heteroatoms. The number of carbonyl (C=O) groups is 1. The van der Waals surface area contributed by atoms with Crippen molar-refractivity contribution in [3.63, 3.8) is 0 Å². The van der Waals surface area contributed by atoms with Crippen molar-refractivity contribution < 1.29 is 26.4 Å². The van der Waals surface area contributed by atoms with Gasteiger partial charge in [0.05, 0.1) is 10.5 Å². The van der Waals surface area contributed by atoms with Crippen LogP contribution in [0.3, 0.4) is 0 Å². The van der Waals surface area contributed by atoms with Gasteiger partial charge in [0, 0.05) is 77.4 Å². The third-order valence-electron chi connectivity index (χ3n) is 9.87. The second kappa shape index (κ2) is 19.5. The minimum atomic E-state index is -4.87. The molecule has 1 saturated heterocycles. The minimum absolute atomic E-state index is 0.0628. The third kappa shape index (κ3) is 11.8. The summed E-state index contributed by atoms with van der Waals surface area (Å²) >= 11 is 7.63. The first-order valence-corrected chi connectivity index (χ1v) is 22.0. The molecule has 0 unspecified atom stereocenters. The Labute approximate surface area is 348 Å². The maximum atomic E-state index is 14.5. The fraction of sp³-hybridized carbons (Fsp3) is 0.295. The second-order valence-electron chi connectivity index (χ2n) is 14.5. The Morgan fingerprint density at radius 2 is 1.52 bits per heavy atom. The van der Waals surface area contributed by atoms with E-state index in [9.17, 15) is 26.4 Å². The van der Waals surface area contributed by atoms with E-state index in [1.165, 1.54) is 29.5 Å². The number of amides is 1. The van der Waals surface area contributed by atoms with Crippen molar-refractivity contribution in [1.82, 2.24) is 14.9 Å². The van der Waals surface area contributed by atoms with E-state index in [4.69, 9.17) is 11.6 Å². The van der Waals surface area contributed by atoms with Gasteiger partial charge >= 0.3 is 6.18 Å². The van der Waals surface area contributed by atoms with E-state index in [0.717, 1.165) is 66.6 Å². The van der Waals surface area contributed by atoms with Gasteiger partial charge in [-0.3, -0.25) is 9.69 Å². The lowest BCUT2D eigenvalue weighted by Crippen LogP contribution is -2.46. The maximum absolute atomic E-state index is 14.5. The second-order valence-corrected chi connectivity index (χ2v) is 17.7. The monoisotopic (exact) mass is 849 g/mol. The number of piperazine rings is 1. The van der Waals surface area contributed by atoms with Gasteiger partial charge in [-0.15, -0.1) is 11.8 Å². The number of nitrogens with zero attached hydrogens (tertiary/aromatic N) is 2. The van der Waals surface area contributed by atoms with E-state index >= 15 is 0 Å². The first-order chi connectivity index (χ1) is 27.7. The summed E-state index contributed by atoms with van der Waals surface area (Å²) < 4.78 is 72.0. The third-order valence-corrected chi connectivity index (χ3v) is 12.6.